The minimum absolute atomic E-state index is 0.0225. The van der Waals surface area contributed by atoms with Gasteiger partial charge in [-0.3, -0.25) is 4.79 Å². The largest absolute Gasteiger partial charge is 0.471 e. The molecule has 130 valence electrons. The van der Waals surface area contributed by atoms with Crippen molar-refractivity contribution in [1.29, 1.82) is 0 Å². The van der Waals surface area contributed by atoms with Gasteiger partial charge in [-0.2, -0.15) is 18.2 Å². The summed E-state index contributed by atoms with van der Waals surface area (Å²) in [5.74, 6) is -1.99. The summed E-state index contributed by atoms with van der Waals surface area (Å²) in [4.78, 5) is 15.3. The van der Waals surface area contributed by atoms with Crippen molar-refractivity contribution in [2.45, 2.75) is 38.9 Å². The number of amides is 1. The lowest BCUT2D eigenvalue weighted by molar-refractivity contribution is -0.175. The number of nitrogens with zero attached hydrogens (tertiary/aromatic N) is 2. The number of nitrogens with one attached hydrogen (secondary N) is 1. The molecule has 1 aromatic heterocycles. The molecule has 0 fully saturated rings. The molecule has 0 aliphatic carbocycles. The number of alkyl halides is 3. The number of hydrogen-bond donors (Lipinski definition) is 1. The summed E-state index contributed by atoms with van der Waals surface area (Å²) in [5, 5.41) is 5.68. The summed E-state index contributed by atoms with van der Waals surface area (Å²) in [6, 6.07) is 8.67. The average molecular weight is 341 g/mol. The molecule has 1 amide bonds. The van der Waals surface area contributed by atoms with Crippen LogP contribution in [0.2, 0.25) is 0 Å². The molecule has 0 aliphatic rings. The Morgan fingerprint density at radius 2 is 1.88 bits per heavy atom. The minimum atomic E-state index is -4.96. The van der Waals surface area contributed by atoms with Crippen molar-refractivity contribution in [3.05, 3.63) is 47.6 Å². The van der Waals surface area contributed by atoms with Gasteiger partial charge in [-0.15, -0.1) is 0 Å². The van der Waals surface area contributed by atoms with Crippen LogP contribution >= 0.6 is 0 Å². The van der Waals surface area contributed by atoms with Gasteiger partial charge in [-0.1, -0.05) is 49.3 Å². The van der Waals surface area contributed by atoms with Crippen LogP contribution in [0, 0.1) is 5.92 Å². The Morgan fingerprint density at radius 1 is 1.21 bits per heavy atom. The quantitative estimate of drug-likeness (QED) is 0.876. The highest BCUT2D eigenvalue weighted by Crippen LogP contribution is 2.23. The summed E-state index contributed by atoms with van der Waals surface area (Å²) >= 11 is 0. The number of carbonyl (C=O) groups is 1. The Balaban J connectivity index is 2.04. The summed E-state index contributed by atoms with van der Waals surface area (Å²) in [5.41, 5.74) is 1.09. The zero-order chi connectivity index (χ0) is 17.7. The van der Waals surface area contributed by atoms with E-state index in [9.17, 15) is 18.0 Å². The molecular weight excluding hydrogens is 323 g/mol. The Labute approximate surface area is 137 Å². The Kier molecular flexibility index (Phi) is 5.58. The van der Waals surface area contributed by atoms with Gasteiger partial charge in [-0.05, 0) is 17.9 Å². The first kappa shape index (κ1) is 18.0. The topological polar surface area (TPSA) is 68.0 Å². The van der Waals surface area contributed by atoms with E-state index in [0.29, 0.717) is 18.7 Å². The van der Waals surface area contributed by atoms with Gasteiger partial charge >= 0.3 is 12.1 Å². The molecule has 1 heterocycles. The van der Waals surface area contributed by atoms with Crippen LogP contribution in [-0.4, -0.2) is 22.2 Å². The van der Waals surface area contributed by atoms with E-state index in [1.807, 2.05) is 35.6 Å². The van der Waals surface area contributed by atoms with Crippen molar-refractivity contribution in [2.75, 3.05) is 0 Å². The van der Waals surface area contributed by atoms with Gasteiger partial charge in [0.25, 0.3) is 0 Å². The second kappa shape index (κ2) is 7.46. The molecule has 0 radical (unpaired) electrons. The standard InChI is InChI=1S/C16H18F3N3O2/c1-10(2)13(21-15(23)16(17,18)19)14-20-12(22-24-14)9-8-11-6-4-3-5-7-11/h3-7,10,13H,8-9H2,1-2H3,(H,21,23)/t13-/m0/s1. The fourth-order valence-electron chi connectivity index (χ4n) is 2.13. The Hall–Kier alpha value is -2.38. The number of hydrogen-bond acceptors (Lipinski definition) is 4. The van der Waals surface area contributed by atoms with Crippen molar-refractivity contribution in [1.82, 2.24) is 15.5 Å². The zero-order valence-electron chi connectivity index (χ0n) is 13.3. The molecular formula is C16H18F3N3O2. The molecule has 5 nitrogen and oxygen atoms in total. The van der Waals surface area contributed by atoms with Gasteiger partial charge in [0.1, 0.15) is 6.04 Å². The van der Waals surface area contributed by atoms with E-state index in [1.165, 1.54) is 0 Å². The minimum Gasteiger partial charge on any atom is -0.337 e. The van der Waals surface area contributed by atoms with E-state index in [0.717, 1.165) is 5.56 Å². The number of benzene rings is 1. The molecule has 2 rings (SSSR count). The van der Waals surface area contributed by atoms with E-state index < -0.39 is 18.1 Å². The van der Waals surface area contributed by atoms with Crippen molar-refractivity contribution < 1.29 is 22.5 Å². The first-order valence-electron chi connectivity index (χ1n) is 7.51. The van der Waals surface area contributed by atoms with Crippen LogP contribution in [0.15, 0.2) is 34.9 Å². The zero-order valence-corrected chi connectivity index (χ0v) is 13.3. The smallest absolute Gasteiger partial charge is 0.337 e. The maximum Gasteiger partial charge on any atom is 0.471 e. The molecule has 2 aromatic rings. The lowest BCUT2D eigenvalue weighted by atomic mass is 10.0. The van der Waals surface area contributed by atoms with Crippen molar-refractivity contribution in [3.63, 3.8) is 0 Å². The van der Waals surface area contributed by atoms with Crippen molar-refractivity contribution in [3.8, 4) is 0 Å². The van der Waals surface area contributed by atoms with Gasteiger partial charge in [0.05, 0.1) is 0 Å². The molecule has 0 unspecified atom stereocenters. The van der Waals surface area contributed by atoms with Gasteiger partial charge in [0.15, 0.2) is 5.82 Å². The third kappa shape index (κ3) is 4.81. The molecule has 0 spiro atoms. The second-order valence-corrected chi connectivity index (χ2v) is 5.73. The predicted octanol–water partition coefficient (Wildman–Crippen LogP) is 3.23. The van der Waals surface area contributed by atoms with Gasteiger partial charge < -0.3 is 9.84 Å². The van der Waals surface area contributed by atoms with Crippen molar-refractivity contribution in [2.24, 2.45) is 5.92 Å². The van der Waals surface area contributed by atoms with E-state index in [-0.39, 0.29) is 11.8 Å². The molecule has 1 atom stereocenters. The van der Waals surface area contributed by atoms with E-state index in [2.05, 4.69) is 10.1 Å². The fourth-order valence-corrected chi connectivity index (χ4v) is 2.13. The highest BCUT2D eigenvalue weighted by atomic mass is 19.4. The maximum atomic E-state index is 12.4. The number of rotatable bonds is 6. The highest BCUT2D eigenvalue weighted by molar-refractivity contribution is 5.82. The third-order valence-electron chi connectivity index (χ3n) is 3.44. The first-order valence-corrected chi connectivity index (χ1v) is 7.51. The maximum absolute atomic E-state index is 12.4. The molecule has 0 saturated heterocycles. The monoisotopic (exact) mass is 341 g/mol. The van der Waals surface area contributed by atoms with E-state index in [1.54, 1.807) is 13.8 Å². The third-order valence-corrected chi connectivity index (χ3v) is 3.44. The molecule has 8 heteroatoms. The van der Waals surface area contributed by atoms with Crippen LogP contribution in [0.5, 0.6) is 0 Å². The SMILES string of the molecule is CC(C)[C@H](NC(=O)C(F)(F)F)c1nc(CCc2ccccc2)no1. The predicted molar refractivity (Wildman–Crippen MR) is 79.9 cm³/mol. The molecule has 24 heavy (non-hydrogen) atoms. The van der Waals surface area contributed by atoms with Gasteiger partial charge in [-0.25, -0.2) is 0 Å². The Bertz CT molecular complexity index is 669. The van der Waals surface area contributed by atoms with E-state index in [4.69, 9.17) is 4.52 Å². The van der Waals surface area contributed by atoms with Crippen LogP contribution in [0.1, 0.15) is 37.2 Å². The first-order chi connectivity index (χ1) is 11.3. The normalized spacial score (nSPS) is 13.1. The lowest BCUT2D eigenvalue weighted by Gasteiger charge is -2.19. The molecule has 0 aliphatic heterocycles. The van der Waals surface area contributed by atoms with Crippen LogP contribution < -0.4 is 5.32 Å². The summed E-state index contributed by atoms with van der Waals surface area (Å²) in [6.07, 6.45) is -3.78. The number of halogens is 3. The second-order valence-electron chi connectivity index (χ2n) is 5.73. The van der Waals surface area contributed by atoms with Crippen LogP contribution in [-0.2, 0) is 17.6 Å². The van der Waals surface area contributed by atoms with E-state index >= 15 is 0 Å². The number of carbonyl (C=O) groups excluding carboxylic acids is 1. The number of aromatic nitrogens is 2. The summed E-state index contributed by atoms with van der Waals surface area (Å²) in [7, 11) is 0. The molecule has 0 bridgehead atoms. The molecule has 1 N–H and O–H groups in total. The van der Waals surface area contributed by atoms with Gasteiger partial charge in [0.2, 0.25) is 5.89 Å². The molecule has 0 saturated carbocycles. The highest BCUT2D eigenvalue weighted by Gasteiger charge is 2.41. The van der Waals surface area contributed by atoms with Crippen LogP contribution in [0.25, 0.3) is 0 Å². The lowest BCUT2D eigenvalue weighted by Crippen LogP contribution is -2.40. The van der Waals surface area contributed by atoms with Crippen LogP contribution in [0.4, 0.5) is 13.2 Å². The number of aryl methyl sites for hydroxylation is 2. The molecule has 1 aromatic carbocycles. The van der Waals surface area contributed by atoms with Crippen LogP contribution in [0.3, 0.4) is 0 Å². The summed E-state index contributed by atoms with van der Waals surface area (Å²) < 4.78 is 42.3. The summed E-state index contributed by atoms with van der Waals surface area (Å²) in [6.45, 7) is 3.32. The van der Waals surface area contributed by atoms with Crippen molar-refractivity contribution >= 4 is 5.91 Å². The fraction of sp³-hybridized carbons (Fsp3) is 0.438. The van der Waals surface area contributed by atoms with Gasteiger partial charge in [0, 0.05) is 6.42 Å². The Morgan fingerprint density at radius 3 is 2.46 bits per heavy atom. The average Bonchev–Trinajstić information content (AvgIpc) is 2.98.